The van der Waals surface area contributed by atoms with Gasteiger partial charge in [-0.2, -0.15) is 0 Å². The number of hydrogen-bond acceptors (Lipinski definition) is 1. The van der Waals surface area contributed by atoms with Gasteiger partial charge in [0.25, 0.3) is 0 Å². The van der Waals surface area contributed by atoms with E-state index in [9.17, 15) is 5.11 Å². The molecule has 0 unspecified atom stereocenters. The van der Waals surface area contributed by atoms with Gasteiger partial charge in [-0.15, -0.1) is 0 Å². The second-order valence-corrected chi connectivity index (χ2v) is 4.04. The lowest BCUT2D eigenvalue weighted by molar-refractivity contribution is 0.512. The fourth-order valence-corrected chi connectivity index (χ4v) is 2.16. The zero-order valence-corrected chi connectivity index (χ0v) is 9.30. The first-order valence-corrected chi connectivity index (χ1v) is 5.62. The highest BCUT2D eigenvalue weighted by atomic mass is 16.3. The van der Waals surface area contributed by atoms with Gasteiger partial charge in [-0.1, -0.05) is 60.7 Å². The van der Waals surface area contributed by atoms with E-state index in [1.54, 1.807) is 6.08 Å². The summed E-state index contributed by atoms with van der Waals surface area (Å²) >= 11 is 0. The summed E-state index contributed by atoms with van der Waals surface area (Å²) in [7, 11) is 0. The second-order valence-electron chi connectivity index (χ2n) is 4.04. The Labute approximate surface area is 100 Å². The minimum atomic E-state index is 0.311. The number of benzene rings is 2. The van der Waals surface area contributed by atoms with Gasteiger partial charge in [0.15, 0.2) is 0 Å². The fraction of sp³-hybridized carbons (Fsp3) is 0. The Hall–Kier alpha value is -2.28. The van der Waals surface area contributed by atoms with E-state index in [0.29, 0.717) is 5.76 Å². The van der Waals surface area contributed by atoms with Crippen molar-refractivity contribution in [1.29, 1.82) is 0 Å². The largest absolute Gasteiger partial charge is 0.507 e. The van der Waals surface area contributed by atoms with Crippen LogP contribution in [0.3, 0.4) is 0 Å². The molecular weight excluding hydrogens is 208 g/mol. The van der Waals surface area contributed by atoms with E-state index in [0.717, 1.165) is 16.7 Å². The molecule has 2 aromatic carbocycles. The lowest BCUT2D eigenvalue weighted by atomic mass is 9.93. The highest BCUT2D eigenvalue weighted by Crippen LogP contribution is 2.32. The van der Waals surface area contributed by atoms with Crippen LogP contribution in [0.15, 0.2) is 60.7 Å². The van der Waals surface area contributed by atoms with Crippen LogP contribution in [0.4, 0.5) is 0 Å². The molecule has 0 fully saturated rings. The Morgan fingerprint density at radius 1 is 0.706 bits per heavy atom. The molecule has 1 heteroatoms. The smallest absolute Gasteiger partial charge is 0.123 e. The molecule has 17 heavy (non-hydrogen) atoms. The average Bonchev–Trinajstić information content (AvgIpc) is 2.37. The minimum Gasteiger partial charge on any atom is -0.507 e. The number of allylic oxidation sites excluding steroid dienone is 2. The van der Waals surface area contributed by atoms with Gasteiger partial charge in [-0.25, -0.2) is 0 Å². The molecule has 1 aliphatic carbocycles. The van der Waals surface area contributed by atoms with Gasteiger partial charge in [0.05, 0.1) is 0 Å². The summed E-state index contributed by atoms with van der Waals surface area (Å²) in [6.45, 7) is 0. The summed E-state index contributed by atoms with van der Waals surface area (Å²) < 4.78 is 0. The van der Waals surface area contributed by atoms with E-state index in [2.05, 4.69) is 12.1 Å². The highest BCUT2D eigenvalue weighted by Gasteiger charge is 2.11. The van der Waals surface area contributed by atoms with E-state index < -0.39 is 0 Å². The van der Waals surface area contributed by atoms with Crippen LogP contribution in [0.5, 0.6) is 0 Å². The molecule has 2 aromatic rings. The van der Waals surface area contributed by atoms with Crippen molar-refractivity contribution >= 4 is 11.8 Å². The third-order valence-corrected chi connectivity index (χ3v) is 2.98. The predicted octanol–water partition coefficient (Wildman–Crippen LogP) is 4.28. The third kappa shape index (κ3) is 1.66. The monoisotopic (exact) mass is 220 g/mol. The van der Waals surface area contributed by atoms with Crippen molar-refractivity contribution in [3.8, 4) is 11.1 Å². The molecule has 1 aliphatic rings. The molecule has 0 bridgehead atoms. The van der Waals surface area contributed by atoms with Crippen molar-refractivity contribution in [2.24, 2.45) is 0 Å². The SMILES string of the molecule is OC1=C/C=C\c2ccccc2-c2ccccc21. The van der Waals surface area contributed by atoms with Crippen LogP contribution in [0, 0.1) is 0 Å². The van der Waals surface area contributed by atoms with Crippen molar-refractivity contribution in [2.45, 2.75) is 0 Å². The topological polar surface area (TPSA) is 20.2 Å². The quantitative estimate of drug-likeness (QED) is 0.702. The molecule has 0 aromatic heterocycles. The van der Waals surface area contributed by atoms with Gasteiger partial charge in [0.2, 0.25) is 0 Å². The molecule has 82 valence electrons. The zero-order chi connectivity index (χ0) is 11.7. The molecule has 1 nitrogen and oxygen atoms in total. The second kappa shape index (κ2) is 3.95. The molecule has 0 saturated carbocycles. The van der Waals surface area contributed by atoms with Gasteiger partial charge < -0.3 is 5.11 Å². The lowest BCUT2D eigenvalue weighted by Gasteiger charge is -2.13. The number of fused-ring (bicyclic) bond motifs is 3. The summed E-state index contributed by atoms with van der Waals surface area (Å²) in [6, 6.07) is 16.1. The van der Waals surface area contributed by atoms with Gasteiger partial charge in [0.1, 0.15) is 5.76 Å². The molecule has 0 spiro atoms. The molecule has 1 N–H and O–H groups in total. The predicted molar refractivity (Wildman–Crippen MR) is 71.5 cm³/mol. The van der Waals surface area contributed by atoms with Crippen molar-refractivity contribution < 1.29 is 5.11 Å². The molecule has 0 radical (unpaired) electrons. The molecule has 0 atom stereocenters. The van der Waals surface area contributed by atoms with Gasteiger partial charge >= 0.3 is 0 Å². The van der Waals surface area contributed by atoms with Gasteiger partial charge in [0, 0.05) is 5.56 Å². The van der Waals surface area contributed by atoms with Crippen LogP contribution in [0.1, 0.15) is 11.1 Å². The Bertz CT molecular complexity index is 621. The van der Waals surface area contributed by atoms with Crippen molar-refractivity contribution in [2.75, 3.05) is 0 Å². The Morgan fingerprint density at radius 3 is 2.18 bits per heavy atom. The zero-order valence-electron chi connectivity index (χ0n) is 9.30. The first kappa shape index (κ1) is 9.91. The van der Waals surface area contributed by atoms with Crippen LogP contribution in [-0.2, 0) is 0 Å². The number of rotatable bonds is 0. The van der Waals surface area contributed by atoms with E-state index in [4.69, 9.17) is 0 Å². The molecular formula is C16H12O. The summed E-state index contributed by atoms with van der Waals surface area (Å²) in [5.41, 5.74) is 4.27. The lowest BCUT2D eigenvalue weighted by Crippen LogP contribution is -1.92. The van der Waals surface area contributed by atoms with E-state index >= 15 is 0 Å². The standard InChI is InChI=1S/C16H12O/c17-16-11-5-7-12-6-1-2-8-13(12)14-9-3-4-10-15(14)16/h1-11,17H/b7-5-,11-5?,12-7?,14-13?,16-11?,16-15?. The van der Waals surface area contributed by atoms with Crippen molar-refractivity contribution in [3.63, 3.8) is 0 Å². The average molecular weight is 220 g/mol. The van der Waals surface area contributed by atoms with Gasteiger partial charge in [-0.05, 0) is 22.8 Å². The third-order valence-electron chi connectivity index (χ3n) is 2.98. The van der Waals surface area contributed by atoms with Crippen LogP contribution in [0.25, 0.3) is 23.0 Å². The Balaban J connectivity index is 2.36. The molecule has 0 saturated heterocycles. The summed E-state index contributed by atoms with van der Waals surface area (Å²) in [4.78, 5) is 0. The normalized spacial score (nSPS) is 14.9. The van der Waals surface area contributed by atoms with Crippen molar-refractivity contribution in [1.82, 2.24) is 0 Å². The van der Waals surface area contributed by atoms with Crippen molar-refractivity contribution in [3.05, 3.63) is 71.8 Å². The molecule has 0 amide bonds. The minimum absolute atomic E-state index is 0.311. The maximum atomic E-state index is 10.0. The van der Waals surface area contributed by atoms with Gasteiger partial charge in [-0.3, -0.25) is 0 Å². The maximum Gasteiger partial charge on any atom is 0.123 e. The summed E-state index contributed by atoms with van der Waals surface area (Å²) in [5.74, 6) is 0.311. The highest BCUT2D eigenvalue weighted by molar-refractivity contribution is 5.85. The van der Waals surface area contributed by atoms with E-state index in [-0.39, 0.29) is 0 Å². The van der Waals surface area contributed by atoms with Crippen LogP contribution in [0.2, 0.25) is 0 Å². The van der Waals surface area contributed by atoms with Crippen LogP contribution in [-0.4, -0.2) is 5.11 Å². The summed E-state index contributed by atoms with van der Waals surface area (Å²) in [5, 5.41) is 10.0. The molecule has 3 rings (SSSR count). The number of hydrogen-bond donors (Lipinski definition) is 1. The molecule has 0 heterocycles. The molecule has 0 aliphatic heterocycles. The summed E-state index contributed by atoms with van der Waals surface area (Å²) in [6.07, 6.45) is 5.63. The first-order chi connectivity index (χ1) is 8.36. The fourth-order valence-electron chi connectivity index (χ4n) is 2.16. The number of aliphatic hydroxyl groups is 1. The maximum absolute atomic E-state index is 10.0. The Morgan fingerprint density at radius 2 is 1.35 bits per heavy atom. The van der Waals surface area contributed by atoms with E-state index in [1.165, 1.54) is 5.56 Å². The first-order valence-electron chi connectivity index (χ1n) is 5.62. The van der Waals surface area contributed by atoms with Crippen LogP contribution < -0.4 is 0 Å². The van der Waals surface area contributed by atoms with E-state index in [1.807, 2.05) is 48.6 Å². The Kier molecular flexibility index (Phi) is 2.30. The van der Waals surface area contributed by atoms with Crippen LogP contribution >= 0.6 is 0 Å². The number of aliphatic hydroxyl groups excluding tert-OH is 1.